The fourth-order valence-electron chi connectivity index (χ4n) is 2.12. The maximum absolute atomic E-state index is 12.2. The molecule has 130 valence electrons. The molecular formula is C19H19NO5. The molecule has 0 aliphatic heterocycles. The van der Waals surface area contributed by atoms with E-state index < -0.39 is 18.0 Å². The molecule has 0 saturated carbocycles. The first kappa shape index (κ1) is 18.2. The second-order valence-corrected chi connectivity index (χ2v) is 5.37. The van der Waals surface area contributed by atoms with E-state index in [2.05, 4.69) is 5.32 Å². The third-order valence-electron chi connectivity index (χ3n) is 3.54. The quantitative estimate of drug-likeness (QED) is 0.645. The lowest BCUT2D eigenvalue weighted by molar-refractivity contribution is -0.123. The zero-order valence-electron chi connectivity index (χ0n) is 14.2. The second-order valence-electron chi connectivity index (χ2n) is 5.37. The number of ether oxygens (including phenoxy) is 2. The smallest absolute Gasteiger partial charge is 0.342 e. The molecule has 0 fully saturated rings. The third kappa shape index (κ3) is 4.67. The molecule has 6 nitrogen and oxygen atoms in total. The van der Waals surface area contributed by atoms with E-state index in [1.54, 1.807) is 48.5 Å². The summed E-state index contributed by atoms with van der Waals surface area (Å²) < 4.78 is 10.3. The fourth-order valence-corrected chi connectivity index (χ4v) is 2.12. The molecule has 1 N–H and O–H groups in total. The number of anilines is 1. The average Bonchev–Trinajstić information content (AvgIpc) is 2.61. The number of ketones is 1. The first-order valence-corrected chi connectivity index (χ1v) is 7.68. The van der Waals surface area contributed by atoms with Crippen LogP contribution in [0.2, 0.25) is 0 Å². The van der Waals surface area contributed by atoms with Gasteiger partial charge in [0.15, 0.2) is 11.9 Å². The van der Waals surface area contributed by atoms with Crippen LogP contribution in [-0.4, -0.2) is 30.9 Å². The number of methoxy groups -OCH3 is 1. The van der Waals surface area contributed by atoms with E-state index in [4.69, 9.17) is 9.47 Å². The Kier molecular flexibility index (Phi) is 5.89. The normalized spacial score (nSPS) is 11.3. The maximum Gasteiger partial charge on any atom is 0.342 e. The number of carbonyl (C=O) groups excluding carboxylic acids is 3. The summed E-state index contributed by atoms with van der Waals surface area (Å²) in [5.74, 6) is -0.803. The molecule has 25 heavy (non-hydrogen) atoms. The zero-order valence-corrected chi connectivity index (χ0v) is 14.2. The molecule has 2 aromatic carbocycles. The van der Waals surface area contributed by atoms with Crippen LogP contribution in [0.4, 0.5) is 5.69 Å². The number of esters is 1. The molecule has 1 atom stereocenters. The summed E-state index contributed by atoms with van der Waals surface area (Å²) in [6.07, 6.45) is -0.995. The first-order valence-electron chi connectivity index (χ1n) is 7.68. The van der Waals surface area contributed by atoms with Gasteiger partial charge in [-0.2, -0.15) is 0 Å². The van der Waals surface area contributed by atoms with Gasteiger partial charge in [-0.3, -0.25) is 9.59 Å². The van der Waals surface area contributed by atoms with Crippen LogP contribution in [0.25, 0.3) is 0 Å². The Bertz CT molecular complexity index is 783. The molecule has 0 heterocycles. The Morgan fingerprint density at radius 3 is 2.24 bits per heavy atom. The predicted molar refractivity (Wildman–Crippen MR) is 92.9 cm³/mol. The number of para-hydroxylation sites is 1. The third-order valence-corrected chi connectivity index (χ3v) is 3.54. The van der Waals surface area contributed by atoms with Gasteiger partial charge in [0.2, 0.25) is 0 Å². The highest BCUT2D eigenvalue weighted by molar-refractivity contribution is 5.99. The molecule has 0 unspecified atom stereocenters. The largest absolute Gasteiger partial charge is 0.496 e. The summed E-state index contributed by atoms with van der Waals surface area (Å²) in [5.41, 5.74) is 1.30. The number of rotatable bonds is 6. The van der Waals surface area contributed by atoms with Crippen LogP contribution < -0.4 is 10.1 Å². The molecule has 0 spiro atoms. The molecule has 0 bridgehead atoms. The Labute approximate surface area is 145 Å². The van der Waals surface area contributed by atoms with Crippen molar-refractivity contribution < 1.29 is 23.9 Å². The van der Waals surface area contributed by atoms with Crippen molar-refractivity contribution in [3.63, 3.8) is 0 Å². The monoisotopic (exact) mass is 341 g/mol. The minimum absolute atomic E-state index is 0.0583. The van der Waals surface area contributed by atoms with Crippen molar-refractivity contribution in [2.75, 3.05) is 12.4 Å². The highest BCUT2D eigenvalue weighted by atomic mass is 16.5. The van der Waals surface area contributed by atoms with Crippen LogP contribution in [0.3, 0.4) is 0 Å². The number of hydrogen-bond donors (Lipinski definition) is 1. The second kappa shape index (κ2) is 8.10. The van der Waals surface area contributed by atoms with Gasteiger partial charge in [-0.05, 0) is 50.2 Å². The van der Waals surface area contributed by atoms with Gasteiger partial charge in [-0.1, -0.05) is 12.1 Å². The summed E-state index contributed by atoms with van der Waals surface area (Å²) in [5, 5.41) is 2.63. The van der Waals surface area contributed by atoms with E-state index in [9.17, 15) is 14.4 Å². The van der Waals surface area contributed by atoms with Crippen LogP contribution in [0.5, 0.6) is 5.75 Å². The number of nitrogens with one attached hydrogen (secondary N) is 1. The van der Waals surface area contributed by atoms with Crippen LogP contribution in [0, 0.1) is 0 Å². The van der Waals surface area contributed by atoms with Crippen molar-refractivity contribution in [1.29, 1.82) is 0 Å². The molecule has 0 radical (unpaired) electrons. The summed E-state index contributed by atoms with van der Waals surface area (Å²) >= 11 is 0. The van der Waals surface area contributed by atoms with Crippen molar-refractivity contribution >= 4 is 23.3 Å². The number of carbonyl (C=O) groups is 3. The maximum atomic E-state index is 12.2. The number of hydrogen-bond acceptors (Lipinski definition) is 5. The number of amides is 1. The van der Waals surface area contributed by atoms with Gasteiger partial charge in [-0.15, -0.1) is 0 Å². The van der Waals surface area contributed by atoms with E-state index in [-0.39, 0.29) is 11.3 Å². The van der Waals surface area contributed by atoms with Gasteiger partial charge in [0, 0.05) is 11.3 Å². The Morgan fingerprint density at radius 1 is 1.00 bits per heavy atom. The van der Waals surface area contributed by atoms with E-state index in [0.717, 1.165) is 0 Å². The lowest BCUT2D eigenvalue weighted by Crippen LogP contribution is -2.30. The highest BCUT2D eigenvalue weighted by Crippen LogP contribution is 2.19. The molecule has 0 aliphatic rings. The summed E-state index contributed by atoms with van der Waals surface area (Å²) in [7, 11) is 1.45. The molecule has 0 aliphatic carbocycles. The number of benzene rings is 2. The van der Waals surface area contributed by atoms with Crippen molar-refractivity contribution in [2.45, 2.75) is 20.0 Å². The van der Waals surface area contributed by atoms with Gasteiger partial charge >= 0.3 is 5.97 Å². The summed E-state index contributed by atoms with van der Waals surface area (Å²) in [4.78, 5) is 35.6. The zero-order chi connectivity index (χ0) is 18.4. The Balaban J connectivity index is 2.00. The van der Waals surface area contributed by atoms with Gasteiger partial charge in [0.05, 0.1) is 7.11 Å². The Morgan fingerprint density at radius 2 is 1.64 bits per heavy atom. The van der Waals surface area contributed by atoms with E-state index in [1.807, 2.05) is 0 Å². The molecule has 0 saturated heterocycles. The first-order chi connectivity index (χ1) is 11.9. The van der Waals surface area contributed by atoms with Crippen LogP contribution in [-0.2, 0) is 9.53 Å². The highest BCUT2D eigenvalue weighted by Gasteiger charge is 2.21. The van der Waals surface area contributed by atoms with Crippen molar-refractivity contribution in [3.8, 4) is 5.75 Å². The van der Waals surface area contributed by atoms with Crippen molar-refractivity contribution in [2.24, 2.45) is 0 Å². The summed E-state index contributed by atoms with van der Waals surface area (Å²) in [6.45, 7) is 2.94. The van der Waals surface area contributed by atoms with Gasteiger partial charge < -0.3 is 14.8 Å². The van der Waals surface area contributed by atoms with Crippen LogP contribution in [0.15, 0.2) is 48.5 Å². The fraction of sp³-hybridized carbons (Fsp3) is 0.211. The summed E-state index contributed by atoms with van der Waals surface area (Å²) in [6, 6.07) is 13.1. The molecular weight excluding hydrogens is 322 g/mol. The van der Waals surface area contributed by atoms with Gasteiger partial charge in [-0.25, -0.2) is 4.79 Å². The lowest BCUT2D eigenvalue weighted by Gasteiger charge is -2.14. The van der Waals surface area contributed by atoms with Gasteiger partial charge in [0.25, 0.3) is 5.91 Å². The topological polar surface area (TPSA) is 81.7 Å². The minimum atomic E-state index is -0.995. The van der Waals surface area contributed by atoms with E-state index in [0.29, 0.717) is 17.0 Å². The van der Waals surface area contributed by atoms with E-state index in [1.165, 1.54) is 21.0 Å². The van der Waals surface area contributed by atoms with E-state index >= 15 is 0 Å². The predicted octanol–water partition coefficient (Wildman–Crippen LogP) is 3.08. The molecule has 6 heteroatoms. The SMILES string of the molecule is COc1ccccc1C(=O)O[C@H](C)C(=O)Nc1ccc(C(C)=O)cc1. The van der Waals surface area contributed by atoms with Crippen LogP contribution >= 0.6 is 0 Å². The van der Waals surface area contributed by atoms with Crippen molar-refractivity contribution in [1.82, 2.24) is 0 Å². The standard InChI is InChI=1S/C19H19NO5/c1-12(21)14-8-10-15(11-9-14)20-18(22)13(2)25-19(23)16-6-4-5-7-17(16)24-3/h4-11,13H,1-3H3,(H,20,22)/t13-/m1/s1. The van der Waals surface area contributed by atoms with Gasteiger partial charge in [0.1, 0.15) is 11.3 Å². The lowest BCUT2D eigenvalue weighted by atomic mass is 10.1. The molecule has 2 aromatic rings. The minimum Gasteiger partial charge on any atom is -0.496 e. The molecule has 0 aromatic heterocycles. The Hall–Kier alpha value is -3.15. The molecule has 2 rings (SSSR count). The van der Waals surface area contributed by atoms with Crippen LogP contribution in [0.1, 0.15) is 34.6 Å². The average molecular weight is 341 g/mol. The number of Topliss-reactive ketones (excluding diaryl/α,β-unsaturated/α-hetero) is 1. The molecule has 1 amide bonds. The van der Waals surface area contributed by atoms with Crippen molar-refractivity contribution in [3.05, 3.63) is 59.7 Å².